The van der Waals surface area contributed by atoms with Crippen LogP contribution in [0, 0.1) is 23.7 Å². The minimum atomic E-state index is -1.00. The summed E-state index contributed by atoms with van der Waals surface area (Å²) in [5.74, 6) is -1.11. The molecular weight excluding hydrogens is 394 g/mol. The summed E-state index contributed by atoms with van der Waals surface area (Å²) in [4.78, 5) is 35.2. The van der Waals surface area contributed by atoms with Gasteiger partial charge in [-0.25, -0.2) is 9.97 Å². The van der Waals surface area contributed by atoms with Crippen molar-refractivity contribution in [3.63, 3.8) is 0 Å². The highest BCUT2D eigenvalue weighted by molar-refractivity contribution is 7.17. The Morgan fingerprint density at radius 1 is 1.24 bits per heavy atom. The van der Waals surface area contributed by atoms with E-state index < -0.39 is 24.0 Å². The molecule has 1 saturated heterocycles. The van der Waals surface area contributed by atoms with Gasteiger partial charge in [-0.2, -0.15) is 0 Å². The molecule has 1 aliphatic heterocycles. The first-order chi connectivity index (χ1) is 13.9. The lowest BCUT2D eigenvalue weighted by atomic mass is 9.65. The zero-order chi connectivity index (χ0) is 20.7. The van der Waals surface area contributed by atoms with Crippen LogP contribution in [0.15, 0.2) is 17.8 Å². The van der Waals surface area contributed by atoms with E-state index in [0.717, 1.165) is 16.0 Å². The lowest BCUT2D eigenvalue weighted by Crippen LogP contribution is -2.56. The van der Waals surface area contributed by atoms with Crippen molar-refractivity contribution in [3.05, 3.63) is 17.8 Å². The molecule has 0 bridgehead atoms. The predicted octanol–water partition coefficient (Wildman–Crippen LogP) is -0.406. The van der Waals surface area contributed by atoms with E-state index in [1.165, 1.54) is 13.4 Å². The fourth-order valence-corrected chi connectivity index (χ4v) is 5.60. The summed E-state index contributed by atoms with van der Waals surface area (Å²) in [6, 6.07) is 1.93. The van der Waals surface area contributed by atoms with Crippen molar-refractivity contribution in [2.24, 2.45) is 23.7 Å². The van der Waals surface area contributed by atoms with Crippen molar-refractivity contribution in [1.29, 1.82) is 0 Å². The van der Waals surface area contributed by atoms with Crippen molar-refractivity contribution in [3.8, 4) is 0 Å². The van der Waals surface area contributed by atoms with Crippen LogP contribution in [0.4, 0.5) is 5.82 Å². The third-order valence-electron chi connectivity index (χ3n) is 6.30. The van der Waals surface area contributed by atoms with E-state index in [2.05, 4.69) is 25.5 Å². The number of carbonyl (C=O) groups is 2. The van der Waals surface area contributed by atoms with Gasteiger partial charge in [0.2, 0.25) is 11.8 Å². The summed E-state index contributed by atoms with van der Waals surface area (Å²) in [5, 5.41) is 28.4. The third-order valence-corrected chi connectivity index (χ3v) is 7.20. The lowest BCUT2D eigenvalue weighted by Gasteiger charge is -2.43. The van der Waals surface area contributed by atoms with Crippen LogP contribution in [0.25, 0.3) is 10.2 Å². The third kappa shape index (κ3) is 3.45. The molecule has 4 N–H and O–H groups in total. The second-order valence-corrected chi connectivity index (χ2v) is 8.74. The number of aliphatic hydroxyl groups is 2. The van der Waals surface area contributed by atoms with Crippen LogP contribution in [-0.4, -0.2) is 70.9 Å². The van der Waals surface area contributed by atoms with Gasteiger partial charge in [-0.15, -0.1) is 11.3 Å². The number of hydrogen-bond donors (Lipinski definition) is 4. The lowest BCUT2D eigenvalue weighted by molar-refractivity contribution is -0.146. The average molecular weight is 420 g/mol. The fraction of sp³-hybridized carbons (Fsp3) is 0.579. The maximum absolute atomic E-state index is 12.9. The largest absolute Gasteiger partial charge is 0.390 e. The van der Waals surface area contributed by atoms with E-state index in [9.17, 15) is 19.8 Å². The number of fused-ring (bicyclic) bond motifs is 2. The van der Waals surface area contributed by atoms with Gasteiger partial charge in [0.15, 0.2) is 0 Å². The molecule has 9 nitrogen and oxygen atoms in total. The Labute approximate surface area is 172 Å². The molecule has 1 saturated carbocycles. The fourth-order valence-electron chi connectivity index (χ4n) is 4.74. The van der Waals surface area contributed by atoms with Crippen LogP contribution in [0.5, 0.6) is 0 Å². The van der Waals surface area contributed by atoms with Gasteiger partial charge in [-0.05, 0) is 23.3 Å². The number of aliphatic hydroxyl groups excluding tert-OH is 2. The van der Waals surface area contributed by atoms with Crippen LogP contribution < -0.4 is 15.5 Å². The van der Waals surface area contributed by atoms with Crippen molar-refractivity contribution >= 4 is 39.2 Å². The number of rotatable bonds is 4. The molecule has 6 atom stereocenters. The first kappa shape index (κ1) is 20.0. The molecule has 0 aromatic carbocycles. The standard InChI is InChI=1S/C19H25N5O4S/c1-9-14(19(28)21-5-13(25)20-2)10-6-24(7-11(10)16(27)15(9)26)18-17-12(3-4-29-17)22-8-23-18/h3-4,8-11,14-16,26-27H,5-7H2,1-2H3,(H,20,25)(H,21,28)/t9-,10+,11+,14+,15+,16+/m1/s1. The Bertz CT molecular complexity index is 921. The quantitative estimate of drug-likeness (QED) is 0.531. The number of amides is 2. The van der Waals surface area contributed by atoms with E-state index in [1.54, 1.807) is 18.3 Å². The van der Waals surface area contributed by atoms with E-state index in [-0.39, 0.29) is 30.2 Å². The highest BCUT2D eigenvalue weighted by atomic mass is 32.1. The van der Waals surface area contributed by atoms with Gasteiger partial charge in [-0.3, -0.25) is 9.59 Å². The SMILES string of the molecule is CNC(=O)CNC(=O)[C@H]1[C@@H](C)[C@H](O)[C@@H](O)[C@H]2CN(c3ncnc4ccsc34)C[C@@H]21. The monoisotopic (exact) mass is 419 g/mol. The molecule has 2 amide bonds. The number of likely N-dealkylation sites (N-methyl/N-ethyl adjacent to an activating group) is 1. The number of aromatic nitrogens is 2. The van der Waals surface area contributed by atoms with Crippen molar-refractivity contribution < 1.29 is 19.8 Å². The van der Waals surface area contributed by atoms with Crippen LogP contribution in [-0.2, 0) is 9.59 Å². The summed E-state index contributed by atoms with van der Waals surface area (Å²) < 4.78 is 0.967. The molecule has 2 fully saturated rings. The highest BCUT2D eigenvalue weighted by Crippen LogP contribution is 2.45. The molecule has 10 heteroatoms. The number of anilines is 1. The molecule has 0 unspecified atom stereocenters. The molecule has 29 heavy (non-hydrogen) atoms. The summed E-state index contributed by atoms with van der Waals surface area (Å²) in [7, 11) is 1.51. The molecule has 0 spiro atoms. The molecular formula is C19H25N5O4S. The Morgan fingerprint density at radius 2 is 2.00 bits per heavy atom. The Hall–Kier alpha value is -2.30. The second kappa shape index (κ2) is 7.85. The predicted molar refractivity (Wildman–Crippen MR) is 108 cm³/mol. The van der Waals surface area contributed by atoms with E-state index >= 15 is 0 Å². The Kier molecular flexibility index (Phi) is 5.41. The highest BCUT2D eigenvalue weighted by Gasteiger charge is 2.54. The summed E-state index contributed by atoms with van der Waals surface area (Å²) in [6.45, 7) is 2.71. The van der Waals surface area contributed by atoms with Gasteiger partial charge in [0.05, 0.1) is 29.0 Å². The van der Waals surface area contributed by atoms with Crippen molar-refractivity contribution in [1.82, 2.24) is 20.6 Å². The summed E-state index contributed by atoms with van der Waals surface area (Å²) in [5.41, 5.74) is 0.865. The van der Waals surface area contributed by atoms with Crippen LogP contribution in [0.1, 0.15) is 6.92 Å². The number of hydrogen-bond acceptors (Lipinski definition) is 8. The first-order valence-corrected chi connectivity index (χ1v) is 10.6. The molecule has 1 aliphatic carbocycles. The van der Waals surface area contributed by atoms with Gasteiger partial charge in [0, 0.05) is 32.0 Å². The molecule has 3 heterocycles. The minimum Gasteiger partial charge on any atom is -0.390 e. The molecule has 2 aromatic heterocycles. The maximum Gasteiger partial charge on any atom is 0.239 e. The van der Waals surface area contributed by atoms with Gasteiger partial charge in [-0.1, -0.05) is 6.92 Å². The van der Waals surface area contributed by atoms with Crippen molar-refractivity contribution in [2.75, 3.05) is 31.6 Å². The van der Waals surface area contributed by atoms with Crippen LogP contribution >= 0.6 is 11.3 Å². The van der Waals surface area contributed by atoms with Gasteiger partial charge < -0.3 is 25.7 Å². The van der Waals surface area contributed by atoms with Gasteiger partial charge in [0.25, 0.3) is 0 Å². The number of nitrogens with one attached hydrogen (secondary N) is 2. The van der Waals surface area contributed by atoms with Crippen LogP contribution in [0.2, 0.25) is 0 Å². The van der Waals surface area contributed by atoms with Crippen molar-refractivity contribution in [2.45, 2.75) is 19.1 Å². The number of nitrogens with zero attached hydrogens (tertiary/aromatic N) is 3. The molecule has 156 valence electrons. The summed E-state index contributed by atoms with van der Waals surface area (Å²) in [6.07, 6.45) is -0.392. The zero-order valence-corrected chi connectivity index (χ0v) is 17.1. The number of carbonyl (C=O) groups excluding carboxylic acids is 2. The molecule has 2 aliphatic rings. The molecule has 4 rings (SSSR count). The van der Waals surface area contributed by atoms with Crippen LogP contribution in [0.3, 0.4) is 0 Å². The average Bonchev–Trinajstić information content (AvgIpc) is 3.37. The van der Waals surface area contributed by atoms with Gasteiger partial charge >= 0.3 is 0 Å². The van der Waals surface area contributed by atoms with E-state index in [0.29, 0.717) is 13.1 Å². The second-order valence-electron chi connectivity index (χ2n) is 7.82. The molecule has 2 aromatic rings. The number of thiophene rings is 1. The smallest absolute Gasteiger partial charge is 0.239 e. The Morgan fingerprint density at radius 3 is 2.76 bits per heavy atom. The summed E-state index contributed by atoms with van der Waals surface area (Å²) >= 11 is 1.55. The zero-order valence-electron chi connectivity index (χ0n) is 16.3. The van der Waals surface area contributed by atoms with E-state index in [1.807, 2.05) is 11.4 Å². The first-order valence-electron chi connectivity index (χ1n) is 9.70. The topological polar surface area (TPSA) is 128 Å². The van der Waals surface area contributed by atoms with E-state index in [4.69, 9.17) is 0 Å². The molecule has 0 radical (unpaired) electrons. The van der Waals surface area contributed by atoms with Gasteiger partial charge in [0.1, 0.15) is 12.1 Å². The maximum atomic E-state index is 12.9. The minimum absolute atomic E-state index is 0.111. The Balaban J connectivity index is 1.61. The normalized spacial score (nSPS) is 31.5.